The lowest BCUT2D eigenvalue weighted by Gasteiger charge is -2.45. The third-order valence-corrected chi connectivity index (χ3v) is 7.45. The fraction of sp³-hybridized carbons (Fsp3) is 0.391. The van der Waals surface area contributed by atoms with Crippen LogP contribution in [-0.4, -0.2) is 31.0 Å². The highest BCUT2D eigenvalue weighted by Crippen LogP contribution is 2.50. The molecule has 2 heterocycles. The zero-order chi connectivity index (χ0) is 24.7. The summed E-state index contributed by atoms with van der Waals surface area (Å²) in [5.74, 6) is -0.162. The first-order chi connectivity index (χ1) is 15.9. The number of benzene rings is 1. The first-order valence-electron chi connectivity index (χ1n) is 10.6. The number of aliphatic hydroxyl groups is 1. The predicted molar refractivity (Wildman–Crippen MR) is 123 cm³/mol. The van der Waals surface area contributed by atoms with Crippen molar-refractivity contribution >= 4 is 28.7 Å². The Morgan fingerprint density at radius 3 is 2.65 bits per heavy atom. The highest BCUT2D eigenvalue weighted by Gasteiger charge is 2.52. The summed E-state index contributed by atoms with van der Waals surface area (Å²) in [6.45, 7) is 5.55. The molecule has 0 radical (unpaired) electrons. The van der Waals surface area contributed by atoms with Crippen LogP contribution in [0.5, 0.6) is 0 Å². The number of thiazole rings is 1. The molecule has 1 fully saturated rings. The van der Waals surface area contributed by atoms with Crippen LogP contribution in [0.2, 0.25) is 0 Å². The minimum atomic E-state index is -4.57. The van der Waals surface area contributed by atoms with Crippen LogP contribution in [0.25, 0.3) is 10.4 Å². The molecular weight excluding hydrogens is 467 g/mol. The van der Waals surface area contributed by atoms with Crippen LogP contribution in [-0.2, 0) is 11.8 Å². The van der Waals surface area contributed by atoms with Gasteiger partial charge in [0, 0.05) is 23.5 Å². The number of aryl methyl sites for hydroxylation is 1. The van der Waals surface area contributed by atoms with E-state index in [1.165, 1.54) is 11.3 Å². The van der Waals surface area contributed by atoms with Gasteiger partial charge in [-0.2, -0.15) is 13.2 Å². The maximum absolute atomic E-state index is 13.0. The fourth-order valence-electron chi connectivity index (χ4n) is 4.23. The topological polar surface area (TPSA) is 104 Å². The summed E-state index contributed by atoms with van der Waals surface area (Å²) in [4.78, 5) is 12.7. The van der Waals surface area contributed by atoms with Gasteiger partial charge in [-0.25, -0.2) is 15.0 Å². The van der Waals surface area contributed by atoms with Gasteiger partial charge >= 0.3 is 6.18 Å². The van der Waals surface area contributed by atoms with Crippen molar-refractivity contribution in [1.29, 1.82) is 0 Å². The molecule has 4 rings (SSSR count). The van der Waals surface area contributed by atoms with Gasteiger partial charge < -0.3 is 15.6 Å². The number of nitrogens with one attached hydrogen (secondary N) is 1. The average molecular weight is 492 g/mol. The van der Waals surface area contributed by atoms with Crippen LogP contribution >= 0.6 is 11.3 Å². The van der Waals surface area contributed by atoms with Crippen molar-refractivity contribution in [3.05, 3.63) is 52.9 Å². The number of hydrogen-bond donors (Lipinski definition) is 3. The average Bonchev–Trinajstić information content (AvgIpc) is 3.26. The number of halogens is 3. The molecule has 3 N–H and O–H groups in total. The van der Waals surface area contributed by atoms with Gasteiger partial charge in [-0.1, -0.05) is 25.1 Å². The molecule has 11 heteroatoms. The number of anilines is 2. The van der Waals surface area contributed by atoms with Crippen molar-refractivity contribution < 1.29 is 23.5 Å². The van der Waals surface area contributed by atoms with Gasteiger partial charge in [0.15, 0.2) is 0 Å². The van der Waals surface area contributed by atoms with Crippen molar-refractivity contribution in [3.63, 3.8) is 0 Å². The summed E-state index contributed by atoms with van der Waals surface area (Å²) >= 11 is 1.33. The Kier molecular flexibility index (Phi) is 6.11. The number of nitrogens with zero attached hydrogens (tertiary/aromatic N) is 4. The van der Waals surface area contributed by atoms with E-state index >= 15 is 0 Å². The monoisotopic (exact) mass is 491 g/mol. The molecule has 1 saturated carbocycles. The van der Waals surface area contributed by atoms with E-state index in [1.54, 1.807) is 18.3 Å². The molecule has 0 spiro atoms. The molecule has 1 atom stereocenters. The zero-order valence-corrected chi connectivity index (χ0v) is 19.6. The van der Waals surface area contributed by atoms with Crippen molar-refractivity contribution in [1.82, 2.24) is 15.0 Å². The summed E-state index contributed by atoms with van der Waals surface area (Å²) in [7, 11) is 0. The predicted octanol–water partition coefficient (Wildman–Crippen LogP) is 5.90. The lowest BCUT2D eigenvalue weighted by molar-refractivity contribution is -0.141. The molecule has 1 aliphatic rings. The number of rotatable bonds is 4. The summed E-state index contributed by atoms with van der Waals surface area (Å²) in [5, 5.41) is 27.7. The third-order valence-electron chi connectivity index (χ3n) is 6.25. The lowest BCUT2D eigenvalue weighted by Crippen LogP contribution is -2.50. The van der Waals surface area contributed by atoms with E-state index in [2.05, 4.69) is 25.4 Å². The smallest absolute Gasteiger partial charge is 0.411 e. The minimum absolute atomic E-state index is 0.162. The standard InChI is InChI=1S/C23H24F3N5O2S/c1-13-9-14(11-15(10-13)29-20-27-8-6-18(30-20)23(24,25)26)16-12-28-19(34-16)22(32)7-4-5-17(31-33)21(22,2)3/h6,8-12,32-33H,4-5,7H2,1-3H3,(H,27,29,30). The van der Waals surface area contributed by atoms with Gasteiger partial charge in [-0.15, -0.1) is 11.3 Å². The molecule has 3 aromatic rings. The second kappa shape index (κ2) is 8.62. The first kappa shape index (κ1) is 24.1. The van der Waals surface area contributed by atoms with Crippen LogP contribution in [0.1, 0.15) is 49.4 Å². The molecule has 0 bridgehead atoms. The van der Waals surface area contributed by atoms with Gasteiger partial charge in [-0.3, -0.25) is 0 Å². The highest BCUT2D eigenvalue weighted by molar-refractivity contribution is 7.15. The van der Waals surface area contributed by atoms with E-state index in [0.717, 1.165) is 28.3 Å². The summed E-state index contributed by atoms with van der Waals surface area (Å²) in [6, 6.07) is 6.28. The molecule has 7 nitrogen and oxygen atoms in total. The highest BCUT2D eigenvalue weighted by atomic mass is 32.1. The second-order valence-electron chi connectivity index (χ2n) is 8.89. The number of alkyl halides is 3. The molecule has 0 amide bonds. The fourth-order valence-corrected chi connectivity index (χ4v) is 5.41. The second-order valence-corrected chi connectivity index (χ2v) is 9.92. The minimum Gasteiger partial charge on any atom is -0.411 e. The van der Waals surface area contributed by atoms with E-state index in [9.17, 15) is 23.5 Å². The Labute approximate surface area is 198 Å². The van der Waals surface area contributed by atoms with Crippen LogP contribution in [0, 0.1) is 12.3 Å². The molecule has 1 aliphatic carbocycles. The van der Waals surface area contributed by atoms with Crippen molar-refractivity contribution in [3.8, 4) is 10.4 Å². The zero-order valence-electron chi connectivity index (χ0n) is 18.8. The van der Waals surface area contributed by atoms with E-state index in [1.807, 2.05) is 26.8 Å². The molecule has 2 aromatic heterocycles. The van der Waals surface area contributed by atoms with E-state index < -0.39 is 22.9 Å². The van der Waals surface area contributed by atoms with Gasteiger partial charge in [0.1, 0.15) is 16.3 Å². The van der Waals surface area contributed by atoms with Crippen molar-refractivity contribution in [2.75, 3.05) is 5.32 Å². The number of oxime groups is 1. The van der Waals surface area contributed by atoms with Crippen molar-refractivity contribution in [2.24, 2.45) is 10.6 Å². The molecular formula is C23H24F3N5O2S. The molecule has 180 valence electrons. The Hall–Kier alpha value is -3.05. The van der Waals surface area contributed by atoms with Crippen LogP contribution in [0.4, 0.5) is 24.8 Å². The largest absolute Gasteiger partial charge is 0.433 e. The van der Waals surface area contributed by atoms with Gasteiger partial charge in [0.05, 0.1) is 10.6 Å². The number of hydrogen-bond acceptors (Lipinski definition) is 8. The Balaban J connectivity index is 1.65. The first-order valence-corrected chi connectivity index (χ1v) is 11.4. The molecule has 1 unspecified atom stereocenters. The lowest BCUT2D eigenvalue weighted by atomic mass is 9.64. The third kappa shape index (κ3) is 4.37. The summed E-state index contributed by atoms with van der Waals surface area (Å²) in [6.07, 6.45) is -0.0830. The summed E-state index contributed by atoms with van der Waals surface area (Å²) in [5.41, 5.74) is -0.405. The maximum atomic E-state index is 13.0. The molecule has 34 heavy (non-hydrogen) atoms. The Bertz CT molecular complexity index is 1240. The van der Waals surface area contributed by atoms with E-state index in [-0.39, 0.29) is 5.95 Å². The normalized spacial score (nSPS) is 21.6. The maximum Gasteiger partial charge on any atom is 0.433 e. The van der Waals surface area contributed by atoms with E-state index in [0.29, 0.717) is 35.7 Å². The van der Waals surface area contributed by atoms with Crippen molar-refractivity contribution in [2.45, 2.75) is 51.8 Å². The Morgan fingerprint density at radius 1 is 1.18 bits per heavy atom. The van der Waals surface area contributed by atoms with Crippen LogP contribution in [0.15, 0.2) is 41.8 Å². The van der Waals surface area contributed by atoms with E-state index in [4.69, 9.17) is 0 Å². The van der Waals surface area contributed by atoms with Crippen LogP contribution < -0.4 is 5.32 Å². The number of aromatic nitrogens is 3. The van der Waals surface area contributed by atoms with Crippen LogP contribution in [0.3, 0.4) is 0 Å². The molecule has 0 aliphatic heterocycles. The van der Waals surface area contributed by atoms with Gasteiger partial charge in [0.2, 0.25) is 5.95 Å². The SMILES string of the molecule is Cc1cc(Nc2nccc(C(F)(F)F)n2)cc(-c2cnc(C3(O)CCCC(=NO)C3(C)C)s2)c1. The van der Waals surface area contributed by atoms with Gasteiger partial charge in [0.25, 0.3) is 0 Å². The Morgan fingerprint density at radius 2 is 1.94 bits per heavy atom. The molecule has 0 saturated heterocycles. The molecule has 1 aromatic carbocycles. The quantitative estimate of drug-likeness (QED) is 0.310. The van der Waals surface area contributed by atoms with Gasteiger partial charge in [-0.05, 0) is 55.5 Å². The summed E-state index contributed by atoms with van der Waals surface area (Å²) < 4.78 is 38.9.